The fourth-order valence-electron chi connectivity index (χ4n) is 6.86. The highest BCUT2D eigenvalue weighted by molar-refractivity contribution is 5.91. The number of rotatable bonds is 8. The van der Waals surface area contributed by atoms with Crippen LogP contribution in [-0.4, -0.2) is 0 Å². The maximum atomic E-state index is 7.02. The number of benzene rings is 6. The van der Waals surface area contributed by atoms with Gasteiger partial charge in [-0.25, -0.2) is 8.83 Å². The Hall–Kier alpha value is -7.36. The molecule has 8 aromatic rings. The van der Waals surface area contributed by atoms with E-state index in [0.717, 1.165) is 67.4 Å². The van der Waals surface area contributed by atoms with Gasteiger partial charge in [-0.2, -0.15) is 0 Å². The van der Waals surface area contributed by atoms with E-state index in [1.807, 2.05) is 72.8 Å². The van der Waals surface area contributed by atoms with Gasteiger partial charge in [0, 0.05) is 16.7 Å². The van der Waals surface area contributed by atoms with Gasteiger partial charge in [0.1, 0.15) is 5.76 Å². The van der Waals surface area contributed by atoms with E-state index >= 15 is 0 Å². The van der Waals surface area contributed by atoms with Crippen LogP contribution in [0.3, 0.4) is 0 Å². The smallest absolute Gasteiger partial charge is 0.374 e. The van der Waals surface area contributed by atoms with Crippen LogP contribution in [0.1, 0.15) is 22.6 Å². The van der Waals surface area contributed by atoms with Gasteiger partial charge < -0.3 is 4.74 Å². The standard InChI is InChI=1S/C52H36O3/c1-7-19-37(20-8-1)43-31-46(40-25-13-4-14-26-40)53-49(34-43)52(50-35-44(38-21-9-2-10-22-38)32-47(54-50)41-27-15-5-16-28-41)51-36-45(39-23-11-3-12-24-39)33-48(55-51)42-29-17-6-18-30-42/h1-36H/q+2. The zero-order chi connectivity index (χ0) is 36.8. The Morgan fingerprint density at radius 2 is 0.691 bits per heavy atom. The molecular weight excluding hydrogens is 673 g/mol. The Labute approximate surface area is 321 Å². The highest BCUT2D eigenvalue weighted by Crippen LogP contribution is 2.42. The van der Waals surface area contributed by atoms with Gasteiger partial charge in [0.2, 0.25) is 5.57 Å². The minimum atomic E-state index is 0.598. The molecule has 3 nitrogen and oxygen atoms in total. The molecule has 0 bridgehead atoms. The van der Waals surface area contributed by atoms with E-state index in [-0.39, 0.29) is 0 Å². The van der Waals surface area contributed by atoms with Crippen LogP contribution in [0.15, 0.2) is 233 Å². The second-order valence-corrected chi connectivity index (χ2v) is 13.3. The molecule has 0 aliphatic carbocycles. The van der Waals surface area contributed by atoms with Crippen LogP contribution in [0.5, 0.6) is 0 Å². The van der Waals surface area contributed by atoms with Crippen molar-refractivity contribution in [1.29, 1.82) is 0 Å². The van der Waals surface area contributed by atoms with E-state index in [1.165, 1.54) is 0 Å². The molecule has 0 radical (unpaired) electrons. The molecular formula is C52H36O3+2. The Kier molecular flexibility index (Phi) is 9.32. The molecule has 1 aliphatic rings. The van der Waals surface area contributed by atoms with Gasteiger partial charge in [0.25, 0.3) is 0 Å². The fraction of sp³-hybridized carbons (Fsp3) is 0. The summed E-state index contributed by atoms with van der Waals surface area (Å²) in [5.74, 6) is 3.96. The summed E-state index contributed by atoms with van der Waals surface area (Å²) >= 11 is 0. The summed E-state index contributed by atoms with van der Waals surface area (Å²) in [7, 11) is 0. The maximum absolute atomic E-state index is 7.02. The van der Waals surface area contributed by atoms with Crippen molar-refractivity contribution in [3.05, 3.63) is 247 Å². The Balaban J connectivity index is 1.37. The molecule has 55 heavy (non-hydrogen) atoms. The largest absolute Gasteiger partial charge is 0.455 e. The highest BCUT2D eigenvalue weighted by Gasteiger charge is 2.37. The van der Waals surface area contributed by atoms with Crippen molar-refractivity contribution in [3.8, 4) is 44.9 Å². The Bertz CT molecular complexity index is 2420. The molecule has 0 unspecified atom stereocenters. The molecule has 1 aliphatic heterocycles. The first-order chi connectivity index (χ1) is 27.2. The lowest BCUT2D eigenvalue weighted by molar-refractivity contribution is 0.396. The van der Waals surface area contributed by atoms with Gasteiger partial charge in [-0.15, -0.1) is 0 Å². The number of hydrogen-bond acceptors (Lipinski definition) is 1. The molecule has 6 aromatic carbocycles. The minimum Gasteiger partial charge on any atom is -0.455 e. The second kappa shape index (κ2) is 15.3. The predicted molar refractivity (Wildman–Crippen MR) is 224 cm³/mol. The lowest BCUT2D eigenvalue weighted by Gasteiger charge is -2.19. The zero-order valence-corrected chi connectivity index (χ0v) is 30.0. The molecule has 0 saturated heterocycles. The van der Waals surface area contributed by atoms with Crippen LogP contribution >= 0.6 is 0 Å². The molecule has 3 heterocycles. The van der Waals surface area contributed by atoms with Crippen molar-refractivity contribution < 1.29 is 13.6 Å². The monoisotopic (exact) mass is 708 g/mol. The van der Waals surface area contributed by atoms with Crippen molar-refractivity contribution in [2.24, 2.45) is 0 Å². The molecule has 9 rings (SSSR count). The van der Waals surface area contributed by atoms with E-state index in [1.54, 1.807) is 0 Å². The van der Waals surface area contributed by atoms with Crippen molar-refractivity contribution >= 4 is 16.9 Å². The van der Waals surface area contributed by atoms with Crippen LogP contribution in [0.25, 0.3) is 61.8 Å². The SMILES string of the molecule is C1=C(c2ccccc2)C=C(c2ccccc2)OC1=C(c1cc(-c2ccccc2)cc(-c2ccccc2)[o+]1)c1cc(-c2ccccc2)cc(-c2ccccc2)[o+]1. The molecule has 0 N–H and O–H groups in total. The maximum Gasteiger partial charge on any atom is 0.374 e. The molecule has 0 fully saturated rings. The van der Waals surface area contributed by atoms with Gasteiger partial charge in [-0.3, -0.25) is 0 Å². The van der Waals surface area contributed by atoms with Gasteiger partial charge in [-0.1, -0.05) is 158 Å². The van der Waals surface area contributed by atoms with Crippen molar-refractivity contribution in [2.75, 3.05) is 0 Å². The Morgan fingerprint density at radius 1 is 0.327 bits per heavy atom. The average molecular weight is 709 g/mol. The first kappa shape index (κ1) is 33.5. The molecule has 0 saturated carbocycles. The highest BCUT2D eigenvalue weighted by atomic mass is 16.5. The predicted octanol–water partition coefficient (Wildman–Crippen LogP) is 14.0. The first-order valence-corrected chi connectivity index (χ1v) is 18.4. The van der Waals surface area contributed by atoms with Crippen LogP contribution < -0.4 is 0 Å². The summed E-state index contributed by atoms with van der Waals surface area (Å²) in [6, 6.07) is 70.2. The van der Waals surface area contributed by atoms with E-state index < -0.39 is 0 Å². The fourth-order valence-corrected chi connectivity index (χ4v) is 6.86. The van der Waals surface area contributed by atoms with E-state index in [9.17, 15) is 0 Å². The van der Waals surface area contributed by atoms with Crippen LogP contribution in [0.4, 0.5) is 0 Å². The first-order valence-electron chi connectivity index (χ1n) is 18.4. The van der Waals surface area contributed by atoms with Crippen LogP contribution in [0.2, 0.25) is 0 Å². The molecule has 0 amide bonds. The molecule has 260 valence electrons. The number of hydrogen-bond donors (Lipinski definition) is 0. The minimum absolute atomic E-state index is 0.598. The molecule has 0 spiro atoms. The molecule has 2 aromatic heterocycles. The summed E-state index contributed by atoms with van der Waals surface area (Å²) in [4.78, 5) is 0. The topological polar surface area (TPSA) is 31.8 Å². The van der Waals surface area contributed by atoms with Crippen LogP contribution in [0, 0.1) is 0 Å². The summed E-state index contributed by atoms with van der Waals surface area (Å²) in [6.45, 7) is 0. The summed E-state index contributed by atoms with van der Waals surface area (Å²) < 4.78 is 21.1. The van der Waals surface area contributed by atoms with E-state index in [4.69, 9.17) is 13.6 Å². The summed E-state index contributed by atoms with van der Waals surface area (Å²) in [6.07, 6.45) is 4.20. The third kappa shape index (κ3) is 7.33. The second-order valence-electron chi connectivity index (χ2n) is 13.3. The van der Waals surface area contributed by atoms with Crippen LogP contribution in [-0.2, 0) is 4.74 Å². The third-order valence-electron chi connectivity index (χ3n) is 9.61. The lowest BCUT2D eigenvalue weighted by atomic mass is 9.95. The van der Waals surface area contributed by atoms with Gasteiger partial charge >= 0.3 is 23.0 Å². The summed E-state index contributed by atoms with van der Waals surface area (Å²) in [5, 5.41) is 0. The quantitative estimate of drug-likeness (QED) is 0.147. The number of ether oxygens (including phenoxy) is 1. The third-order valence-corrected chi connectivity index (χ3v) is 9.61. The average Bonchev–Trinajstić information content (AvgIpc) is 3.28. The molecule has 0 atom stereocenters. The van der Waals surface area contributed by atoms with E-state index in [0.29, 0.717) is 22.9 Å². The Morgan fingerprint density at radius 3 is 1.11 bits per heavy atom. The van der Waals surface area contributed by atoms with Gasteiger partial charge in [-0.05, 0) is 58.7 Å². The number of allylic oxidation sites excluding steroid dienone is 3. The van der Waals surface area contributed by atoms with E-state index in [2.05, 4.69) is 146 Å². The normalized spacial score (nSPS) is 12.3. The lowest BCUT2D eigenvalue weighted by Crippen LogP contribution is -2.04. The van der Waals surface area contributed by atoms with Crippen molar-refractivity contribution in [3.63, 3.8) is 0 Å². The van der Waals surface area contributed by atoms with Crippen molar-refractivity contribution in [2.45, 2.75) is 0 Å². The molecule has 3 heteroatoms. The van der Waals surface area contributed by atoms with Gasteiger partial charge in [0.05, 0.1) is 35.4 Å². The van der Waals surface area contributed by atoms with Gasteiger partial charge in [0.15, 0.2) is 5.76 Å². The van der Waals surface area contributed by atoms with Crippen molar-refractivity contribution in [1.82, 2.24) is 0 Å². The zero-order valence-electron chi connectivity index (χ0n) is 30.0. The summed E-state index contributed by atoms with van der Waals surface area (Å²) in [5.41, 5.74) is 9.76.